The van der Waals surface area contributed by atoms with Crippen LogP contribution in [0, 0.1) is 0 Å². The van der Waals surface area contributed by atoms with Crippen molar-refractivity contribution >= 4 is 17.7 Å². The Hall–Kier alpha value is -3.17. The number of methoxy groups -OCH3 is 1. The van der Waals surface area contributed by atoms with Crippen LogP contribution in [0.15, 0.2) is 76.4 Å². The Labute approximate surface area is 141 Å². The maximum atomic E-state index is 11.7. The molecule has 0 aliphatic rings. The third-order valence-corrected chi connectivity index (χ3v) is 3.03. The first-order chi connectivity index (χ1) is 11.7. The number of aliphatic imine (C=N–C) groups is 2. The normalized spacial score (nSPS) is 10.5. The van der Waals surface area contributed by atoms with Crippen LogP contribution < -0.4 is 4.74 Å². The van der Waals surface area contributed by atoms with Crippen LogP contribution in [0.1, 0.15) is 12.5 Å². The standard InChI is InChI=1S/C19H18N2O3/c1-15(12-19(22)24-13-16-6-4-3-5-7-16)20-14-21-17-8-10-18(23-2)11-9-17/h3-12H,13H2,1-2H3/b15-12+. The van der Waals surface area contributed by atoms with E-state index in [1.165, 1.54) is 6.08 Å². The van der Waals surface area contributed by atoms with Gasteiger partial charge in [-0.2, -0.15) is 9.98 Å². The van der Waals surface area contributed by atoms with Crippen LogP contribution in [-0.4, -0.2) is 19.1 Å². The largest absolute Gasteiger partial charge is 0.497 e. The first-order valence-electron chi connectivity index (χ1n) is 7.37. The molecular formula is C19H18N2O3. The molecule has 2 aromatic rings. The zero-order valence-corrected chi connectivity index (χ0v) is 13.6. The monoisotopic (exact) mass is 322 g/mol. The van der Waals surface area contributed by atoms with E-state index in [4.69, 9.17) is 9.47 Å². The Kier molecular flexibility index (Phi) is 6.50. The second kappa shape index (κ2) is 9.08. The average Bonchev–Trinajstić information content (AvgIpc) is 2.61. The molecule has 0 N–H and O–H groups in total. The molecule has 0 spiro atoms. The van der Waals surface area contributed by atoms with E-state index in [-0.39, 0.29) is 6.61 Å². The van der Waals surface area contributed by atoms with Crippen LogP contribution in [0.4, 0.5) is 5.69 Å². The zero-order valence-electron chi connectivity index (χ0n) is 13.6. The van der Waals surface area contributed by atoms with Crippen LogP contribution in [0.25, 0.3) is 0 Å². The van der Waals surface area contributed by atoms with E-state index >= 15 is 0 Å². The molecule has 0 aromatic heterocycles. The molecule has 122 valence electrons. The minimum absolute atomic E-state index is 0.229. The molecule has 0 fully saturated rings. The van der Waals surface area contributed by atoms with E-state index in [1.807, 2.05) is 30.3 Å². The average molecular weight is 322 g/mol. The first-order valence-corrected chi connectivity index (χ1v) is 7.37. The van der Waals surface area contributed by atoms with Gasteiger partial charge in [-0.15, -0.1) is 0 Å². The molecule has 2 aromatic carbocycles. The lowest BCUT2D eigenvalue weighted by atomic mass is 10.2. The van der Waals surface area contributed by atoms with Crippen molar-refractivity contribution in [3.8, 4) is 5.75 Å². The Morgan fingerprint density at radius 2 is 1.83 bits per heavy atom. The van der Waals surface area contributed by atoms with E-state index in [9.17, 15) is 4.79 Å². The minimum atomic E-state index is -0.452. The number of rotatable bonds is 6. The van der Waals surface area contributed by atoms with Gasteiger partial charge in [0.2, 0.25) is 0 Å². The summed E-state index contributed by atoms with van der Waals surface area (Å²) in [6.07, 6.45) is 1.31. The molecular weight excluding hydrogens is 304 g/mol. The van der Waals surface area contributed by atoms with Crippen molar-refractivity contribution in [2.24, 2.45) is 9.98 Å². The van der Waals surface area contributed by atoms with Gasteiger partial charge in [0.1, 0.15) is 18.4 Å². The van der Waals surface area contributed by atoms with E-state index in [0.29, 0.717) is 11.4 Å². The van der Waals surface area contributed by atoms with Gasteiger partial charge in [0.05, 0.1) is 18.5 Å². The summed E-state index contributed by atoms with van der Waals surface area (Å²) in [5, 5.41) is 0. The summed E-state index contributed by atoms with van der Waals surface area (Å²) in [5.74, 6) is 0.300. The summed E-state index contributed by atoms with van der Waals surface area (Å²) in [7, 11) is 1.60. The van der Waals surface area contributed by atoms with Crippen LogP contribution >= 0.6 is 0 Å². The molecule has 0 radical (unpaired) electrons. The third kappa shape index (κ3) is 5.91. The number of hydrogen-bond acceptors (Lipinski definition) is 5. The van der Waals surface area contributed by atoms with Gasteiger partial charge in [0, 0.05) is 6.08 Å². The molecule has 0 bridgehead atoms. The van der Waals surface area contributed by atoms with Crippen molar-refractivity contribution in [2.45, 2.75) is 13.5 Å². The fraction of sp³-hybridized carbons (Fsp3) is 0.158. The highest BCUT2D eigenvalue weighted by atomic mass is 16.5. The van der Waals surface area contributed by atoms with Gasteiger partial charge in [-0.1, -0.05) is 30.3 Å². The lowest BCUT2D eigenvalue weighted by molar-refractivity contribution is -0.139. The van der Waals surface area contributed by atoms with Crippen molar-refractivity contribution in [1.82, 2.24) is 0 Å². The molecule has 0 heterocycles. The molecule has 2 rings (SSSR count). The summed E-state index contributed by atoms with van der Waals surface area (Å²) in [6.45, 7) is 1.91. The highest BCUT2D eigenvalue weighted by Gasteiger charge is 1.99. The zero-order chi connectivity index (χ0) is 17.2. The summed E-state index contributed by atoms with van der Waals surface area (Å²) in [4.78, 5) is 19.7. The van der Waals surface area contributed by atoms with Gasteiger partial charge in [-0.25, -0.2) is 4.79 Å². The van der Waals surface area contributed by atoms with Crippen LogP contribution in [0.3, 0.4) is 0 Å². The Balaban J connectivity index is 1.89. The van der Waals surface area contributed by atoms with Crippen molar-refractivity contribution in [1.29, 1.82) is 0 Å². The third-order valence-electron chi connectivity index (χ3n) is 3.03. The van der Waals surface area contributed by atoms with Crippen molar-refractivity contribution < 1.29 is 14.3 Å². The number of carbonyl (C=O) groups is 1. The predicted molar refractivity (Wildman–Crippen MR) is 92.5 cm³/mol. The molecule has 5 heteroatoms. The lowest BCUT2D eigenvalue weighted by Crippen LogP contribution is -2.01. The number of benzene rings is 2. The molecule has 0 saturated heterocycles. The predicted octanol–water partition coefficient (Wildman–Crippen LogP) is 4.15. The SMILES string of the molecule is COc1ccc(N=C=N/C(C)=C/C(=O)OCc2ccccc2)cc1. The van der Waals surface area contributed by atoms with Gasteiger partial charge < -0.3 is 9.47 Å². The summed E-state index contributed by atoms with van der Waals surface area (Å²) < 4.78 is 10.2. The minimum Gasteiger partial charge on any atom is -0.497 e. The molecule has 0 unspecified atom stereocenters. The van der Waals surface area contributed by atoms with Gasteiger partial charge in [-0.3, -0.25) is 0 Å². The topological polar surface area (TPSA) is 60.2 Å². The van der Waals surface area contributed by atoms with E-state index in [1.54, 1.807) is 38.3 Å². The fourth-order valence-electron chi connectivity index (χ4n) is 1.79. The molecule has 24 heavy (non-hydrogen) atoms. The number of nitrogens with zero attached hydrogens (tertiary/aromatic N) is 2. The Morgan fingerprint density at radius 3 is 2.50 bits per heavy atom. The number of carbonyl (C=O) groups excluding carboxylic acids is 1. The molecule has 0 saturated carbocycles. The molecule has 5 nitrogen and oxygen atoms in total. The Bertz CT molecular complexity index is 759. The van der Waals surface area contributed by atoms with E-state index in [0.717, 1.165) is 11.3 Å². The summed E-state index contributed by atoms with van der Waals surface area (Å²) >= 11 is 0. The number of ether oxygens (including phenoxy) is 2. The number of allylic oxidation sites excluding steroid dienone is 1. The highest BCUT2D eigenvalue weighted by molar-refractivity contribution is 5.82. The van der Waals surface area contributed by atoms with Crippen LogP contribution in [0.2, 0.25) is 0 Å². The van der Waals surface area contributed by atoms with Gasteiger partial charge in [-0.05, 0) is 36.8 Å². The lowest BCUT2D eigenvalue weighted by Gasteiger charge is -2.01. The van der Waals surface area contributed by atoms with Crippen molar-refractivity contribution in [3.05, 3.63) is 71.9 Å². The van der Waals surface area contributed by atoms with Crippen LogP contribution in [-0.2, 0) is 16.1 Å². The molecule has 0 aliphatic carbocycles. The maximum Gasteiger partial charge on any atom is 0.332 e. The van der Waals surface area contributed by atoms with Crippen LogP contribution in [0.5, 0.6) is 5.75 Å². The van der Waals surface area contributed by atoms with E-state index < -0.39 is 5.97 Å². The van der Waals surface area contributed by atoms with Crippen molar-refractivity contribution in [3.63, 3.8) is 0 Å². The molecule has 0 amide bonds. The van der Waals surface area contributed by atoms with E-state index in [2.05, 4.69) is 16.0 Å². The van der Waals surface area contributed by atoms with Gasteiger partial charge in [0.15, 0.2) is 0 Å². The highest BCUT2D eigenvalue weighted by Crippen LogP contribution is 2.16. The maximum absolute atomic E-state index is 11.7. The quantitative estimate of drug-likeness (QED) is 0.456. The number of esters is 1. The first kappa shape index (κ1) is 17.2. The summed E-state index contributed by atoms with van der Waals surface area (Å²) in [5.41, 5.74) is 2.09. The number of hydrogen-bond donors (Lipinski definition) is 0. The Morgan fingerprint density at radius 1 is 1.12 bits per heavy atom. The second-order valence-corrected chi connectivity index (χ2v) is 4.90. The van der Waals surface area contributed by atoms with Gasteiger partial charge in [0.25, 0.3) is 0 Å². The van der Waals surface area contributed by atoms with Crippen molar-refractivity contribution in [2.75, 3.05) is 7.11 Å². The molecule has 0 aliphatic heterocycles. The summed E-state index contributed by atoms with van der Waals surface area (Å²) in [6, 6.07) is 19.2. The molecule has 0 atom stereocenters. The van der Waals surface area contributed by atoms with Gasteiger partial charge >= 0.3 is 5.97 Å². The fourth-order valence-corrected chi connectivity index (χ4v) is 1.79. The smallest absolute Gasteiger partial charge is 0.332 e. The second-order valence-electron chi connectivity index (χ2n) is 4.90.